The maximum absolute atomic E-state index is 13.5. The van der Waals surface area contributed by atoms with Gasteiger partial charge < -0.3 is 10.1 Å². The van der Waals surface area contributed by atoms with Crippen LogP contribution < -0.4 is 15.0 Å². The zero-order valence-electron chi connectivity index (χ0n) is 18.1. The number of hydrogen-bond donors (Lipinski definition) is 1. The quantitative estimate of drug-likeness (QED) is 0.323. The molecule has 0 saturated carbocycles. The van der Waals surface area contributed by atoms with Gasteiger partial charge in [0.05, 0.1) is 22.8 Å². The molecule has 1 N–H and O–H groups in total. The Morgan fingerprint density at radius 2 is 1.70 bits per heavy atom. The van der Waals surface area contributed by atoms with Crippen LogP contribution in [0.2, 0.25) is 0 Å². The van der Waals surface area contributed by atoms with E-state index in [1.165, 1.54) is 24.3 Å². The summed E-state index contributed by atoms with van der Waals surface area (Å²) in [5.74, 6) is -0.406. The van der Waals surface area contributed by atoms with Crippen LogP contribution in [0.4, 0.5) is 17.1 Å². The van der Waals surface area contributed by atoms with Gasteiger partial charge in [-0.3, -0.25) is 19.7 Å². The minimum atomic E-state index is -0.517. The lowest BCUT2D eigenvalue weighted by atomic mass is 10.0. The van der Waals surface area contributed by atoms with E-state index < -0.39 is 16.7 Å². The first kappa shape index (κ1) is 21.8. The number of nitro benzene ring substituents is 1. The molecule has 2 amide bonds. The van der Waals surface area contributed by atoms with Gasteiger partial charge in [-0.15, -0.1) is 0 Å². The average molecular weight is 443 g/mol. The summed E-state index contributed by atoms with van der Waals surface area (Å²) in [6, 6.07) is 19.7. The van der Waals surface area contributed by atoms with Gasteiger partial charge >= 0.3 is 0 Å². The molecule has 3 aromatic carbocycles. The van der Waals surface area contributed by atoms with Gasteiger partial charge in [-0.1, -0.05) is 18.2 Å². The first-order valence-electron chi connectivity index (χ1n) is 10.3. The lowest BCUT2D eigenvalue weighted by Crippen LogP contribution is -2.32. The van der Waals surface area contributed by atoms with Crippen LogP contribution in [-0.2, 0) is 9.59 Å². The van der Waals surface area contributed by atoms with Crippen molar-refractivity contribution in [3.63, 3.8) is 0 Å². The van der Waals surface area contributed by atoms with Crippen LogP contribution in [0.25, 0.3) is 5.57 Å². The number of nitrogens with one attached hydrogen (secondary N) is 1. The highest BCUT2D eigenvalue weighted by molar-refractivity contribution is 6.46. The predicted octanol–water partition coefficient (Wildman–Crippen LogP) is 4.70. The maximum Gasteiger partial charge on any atom is 0.282 e. The van der Waals surface area contributed by atoms with Crippen molar-refractivity contribution in [2.45, 2.75) is 13.8 Å². The van der Waals surface area contributed by atoms with Crippen LogP contribution >= 0.6 is 0 Å². The summed E-state index contributed by atoms with van der Waals surface area (Å²) in [7, 11) is 0. The van der Waals surface area contributed by atoms with E-state index in [4.69, 9.17) is 4.74 Å². The smallest absolute Gasteiger partial charge is 0.282 e. The van der Waals surface area contributed by atoms with Gasteiger partial charge in [0.2, 0.25) is 0 Å². The number of ether oxygens (including phenoxy) is 1. The molecule has 3 aromatic rings. The predicted molar refractivity (Wildman–Crippen MR) is 125 cm³/mol. The first-order valence-corrected chi connectivity index (χ1v) is 10.3. The molecule has 0 unspecified atom stereocenters. The van der Waals surface area contributed by atoms with Crippen LogP contribution in [0.15, 0.2) is 78.5 Å². The minimum Gasteiger partial charge on any atom is -0.494 e. The third-order valence-corrected chi connectivity index (χ3v) is 5.12. The van der Waals surface area contributed by atoms with Crippen molar-refractivity contribution in [1.82, 2.24) is 0 Å². The molecule has 0 saturated heterocycles. The number of aryl methyl sites for hydroxylation is 1. The molecule has 0 aliphatic carbocycles. The molecule has 1 aliphatic rings. The molecule has 1 aliphatic heterocycles. The number of carbonyl (C=O) groups excluding carboxylic acids is 2. The topological polar surface area (TPSA) is 102 Å². The number of amides is 2. The van der Waals surface area contributed by atoms with Crippen LogP contribution in [0, 0.1) is 17.0 Å². The summed E-state index contributed by atoms with van der Waals surface area (Å²) in [5, 5.41) is 14.1. The Labute approximate surface area is 190 Å². The molecular formula is C25H21N3O5. The standard InChI is InChI=1S/C25H21N3O5/c1-3-33-21-9-5-7-18(15-21)26-23-22(17-10-12-19(13-11-17)28(31)32)24(29)27(25(23)30)20-8-4-6-16(2)14-20/h4-15,26H,3H2,1-2H3. The number of imide groups is 1. The fourth-order valence-corrected chi connectivity index (χ4v) is 3.64. The number of rotatable bonds is 7. The largest absolute Gasteiger partial charge is 0.494 e. The van der Waals surface area contributed by atoms with Gasteiger partial charge in [-0.05, 0) is 61.4 Å². The lowest BCUT2D eigenvalue weighted by molar-refractivity contribution is -0.384. The van der Waals surface area contributed by atoms with E-state index in [0.717, 1.165) is 10.5 Å². The summed E-state index contributed by atoms with van der Waals surface area (Å²) < 4.78 is 5.53. The Kier molecular flexibility index (Phi) is 5.91. The van der Waals surface area contributed by atoms with Gasteiger partial charge in [0.1, 0.15) is 11.4 Å². The van der Waals surface area contributed by atoms with Crippen LogP contribution in [0.5, 0.6) is 5.75 Å². The SMILES string of the molecule is CCOc1cccc(NC2=C(c3ccc([N+](=O)[O-])cc3)C(=O)N(c3cccc(C)c3)C2=O)c1. The van der Waals surface area contributed by atoms with Crippen molar-refractivity contribution in [1.29, 1.82) is 0 Å². The van der Waals surface area contributed by atoms with E-state index in [9.17, 15) is 19.7 Å². The van der Waals surface area contributed by atoms with Gasteiger partial charge in [0, 0.05) is 23.9 Å². The van der Waals surface area contributed by atoms with Crippen molar-refractivity contribution in [2.24, 2.45) is 0 Å². The maximum atomic E-state index is 13.5. The van der Waals surface area contributed by atoms with Crippen LogP contribution in [-0.4, -0.2) is 23.3 Å². The molecule has 33 heavy (non-hydrogen) atoms. The molecule has 1 heterocycles. The summed E-state index contributed by atoms with van der Waals surface area (Å²) in [4.78, 5) is 38.6. The summed E-state index contributed by atoms with van der Waals surface area (Å²) >= 11 is 0. The molecule has 8 nitrogen and oxygen atoms in total. The molecule has 0 spiro atoms. The van der Waals surface area contributed by atoms with Crippen molar-refractivity contribution in [3.05, 3.63) is 99.7 Å². The van der Waals surface area contributed by atoms with Gasteiger partial charge in [0.25, 0.3) is 17.5 Å². The second kappa shape index (κ2) is 8.96. The number of anilines is 2. The monoisotopic (exact) mass is 443 g/mol. The first-order chi connectivity index (χ1) is 15.9. The summed E-state index contributed by atoms with van der Waals surface area (Å²) in [6.45, 7) is 4.23. The Morgan fingerprint density at radius 1 is 0.970 bits per heavy atom. The van der Waals surface area contributed by atoms with Crippen molar-refractivity contribution in [2.75, 3.05) is 16.8 Å². The minimum absolute atomic E-state index is 0.0870. The summed E-state index contributed by atoms with van der Waals surface area (Å²) in [5.41, 5.74) is 2.44. The zero-order chi connectivity index (χ0) is 23.5. The van der Waals surface area contributed by atoms with Gasteiger partial charge in [-0.25, -0.2) is 4.90 Å². The van der Waals surface area contributed by atoms with Crippen LogP contribution in [0.3, 0.4) is 0 Å². The van der Waals surface area contributed by atoms with E-state index in [1.54, 1.807) is 42.5 Å². The number of nitro groups is 1. The molecular weight excluding hydrogens is 422 g/mol. The summed E-state index contributed by atoms with van der Waals surface area (Å²) in [6.07, 6.45) is 0. The van der Waals surface area contributed by atoms with E-state index in [1.807, 2.05) is 19.9 Å². The number of nitrogens with zero attached hydrogens (tertiary/aromatic N) is 2. The molecule has 8 heteroatoms. The third-order valence-electron chi connectivity index (χ3n) is 5.12. The molecule has 0 atom stereocenters. The lowest BCUT2D eigenvalue weighted by Gasteiger charge is -2.16. The Hall–Kier alpha value is -4.46. The second-order valence-corrected chi connectivity index (χ2v) is 7.42. The highest BCUT2D eigenvalue weighted by Gasteiger charge is 2.40. The van der Waals surface area contributed by atoms with Gasteiger partial charge in [-0.2, -0.15) is 0 Å². The fourth-order valence-electron chi connectivity index (χ4n) is 3.64. The number of hydrogen-bond acceptors (Lipinski definition) is 6. The number of non-ortho nitro benzene ring substituents is 1. The Bertz CT molecular complexity index is 1280. The van der Waals surface area contributed by atoms with E-state index in [0.29, 0.717) is 29.3 Å². The molecule has 4 rings (SSSR count). The van der Waals surface area contributed by atoms with E-state index >= 15 is 0 Å². The van der Waals surface area contributed by atoms with Crippen molar-refractivity contribution >= 4 is 34.4 Å². The molecule has 0 aromatic heterocycles. The van der Waals surface area contributed by atoms with Crippen molar-refractivity contribution < 1.29 is 19.2 Å². The Morgan fingerprint density at radius 3 is 2.36 bits per heavy atom. The molecule has 0 bridgehead atoms. The normalized spacial score (nSPS) is 13.5. The van der Waals surface area contributed by atoms with Gasteiger partial charge in [0.15, 0.2) is 0 Å². The Balaban J connectivity index is 1.80. The molecule has 166 valence electrons. The second-order valence-electron chi connectivity index (χ2n) is 7.42. The number of carbonyl (C=O) groups is 2. The highest BCUT2D eigenvalue weighted by atomic mass is 16.6. The molecule has 0 radical (unpaired) electrons. The van der Waals surface area contributed by atoms with Crippen molar-refractivity contribution in [3.8, 4) is 5.75 Å². The zero-order valence-corrected chi connectivity index (χ0v) is 18.1. The fraction of sp³-hybridized carbons (Fsp3) is 0.120. The number of benzene rings is 3. The van der Waals surface area contributed by atoms with Crippen LogP contribution in [0.1, 0.15) is 18.1 Å². The van der Waals surface area contributed by atoms with E-state index in [-0.39, 0.29) is 17.0 Å². The third kappa shape index (κ3) is 4.31. The highest BCUT2D eigenvalue weighted by Crippen LogP contribution is 2.35. The average Bonchev–Trinajstić information content (AvgIpc) is 3.03. The molecule has 0 fully saturated rings. The van der Waals surface area contributed by atoms with E-state index in [2.05, 4.69) is 5.32 Å².